The van der Waals surface area contributed by atoms with E-state index in [2.05, 4.69) is 0 Å². The van der Waals surface area contributed by atoms with Crippen molar-refractivity contribution in [2.45, 2.75) is 0 Å². The van der Waals surface area contributed by atoms with E-state index >= 15 is 0 Å². The lowest BCUT2D eigenvalue weighted by molar-refractivity contribution is 0.669. The number of hydrogen-bond donors (Lipinski definition) is 0. The molecule has 9 rings (SSSR count). The summed E-state index contributed by atoms with van der Waals surface area (Å²) in [5, 5.41) is 0.307. The maximum Gasteiger partial charge on any atom is 0.136 e. The van der Waals surface area contributed by atoms with Gasteiger partial charge in [0.15, 0.2) is 0 Å². The second-order valence-corrected chi connectivity index (χ2v) is 9.85. The van der Waals surface area contributed by atoms with Gasteiger partial charge in [0.05, 0.1) is 24.7 Å². The van der Waals surface area contributed by atoms with Crippen molar-refractivity contribution in [1.29, 1.82) is 0 Å². The number of fused-ring (bicyclic) bond motifs is 6. The third-order valence-corrected chi connectivity index (χ3v) is 7.57. The van der Waals surface area contributed by atoms with Gasteiger partial charge in [-0.3, -0.25) is 0 Å². The molecule has 0 atom stereocenters. The molecule has 0 saturated heterocycles. The predicted molar refractivity (Wildman–Crippen MR) is 183 cm³/mol. The summed E-state index contributed by atoms with van der Waals surface area (Å²) in [5.74, 6) is 0. The van der Waals surface area contributed by atoms with Crippen LogP contribution in [-0.2, 0) is 0 Å². The summed E-state index contributed by atoms with van der Waals surface area (Å²) in [6, 6.07) is 2.11. The van der Waals surface area contributed by atoms with Gasteiger partial charge in [-0.2, -0.15) is 0 Å². The molecule has 0 bridgehead atoms. The summed E-state index contributed by atoms with van der Waals surface area (Å²) in [5.41, 5.74) is -1.32. The largest absolute Gasteiger partial charge is 0.456 e. The minimum absolute atomic E-state index is 0.0730. The van der Waals surface area contributed by atoms with E-state index in [9.17, 15) is 4.11 Å². The summed E-state index contributed by atoms with van der Waals surface area (Å²) in [7, 11) is 0. The Labute approximate surface area is 274 Å². The highest BCUT2D eigenvalue weighted by atomic mass is 16.3. The first kappa shape index (κ1) is 12.3. The first-order valence-corrected chi connectivity index (χ1v) is 13.3. The Bertz CT molecular complexity index is 3420. The van der Waals surface area contributed by atoms with Gasteiger partial charge in [-0.1, -0.05) is 139 Å². The fraction of sp³-hybridized carbons (Fsp3) is 0. The van der Waals surface area contributed by atoms with Crippen LogP contribution in [0.25, 0.3) is 87.6 Å². The van der Waals surface area contributed by atoms with Gasteiger partial charge in [0, 0.05) is 10.8 Å². The van der Waals surface area contributed by atoms with Crippen LogP contribution in [0.15, 0.2) is 162 Å². The lowest BCUT2D eigenvalue weighted by Crippen LogP contribution is -1.93. The zero-order valence-electron chi connectivity index (χ0n) is 40.0. The summed E-state index contributed by atoms with van der Waals surface area (Å²) in [6.07, 6.45) is 0. The first-order valence-electron chi connectivity index (χ1n) is 22.3. The Morgan fingerprint density at radius 3 is 1.70 bits per heavy atom. The first-order chi connectivity index (χ1) is 28.8. The number of benzene rings is 8. The molecule has 0 N–H and O–H groups in total. The van der Waals surface area contributed by atoms with Crippen LogP contribution in [0.1, 0.15) is 24.7 Å². The molecule has 9 aromatic rings. The molecule has 0 spiro atoms. The van der Waals surface area contributed by atoms with Crippen molar-refractivity contribution in [2.24, 2.45) is 0 Å². The second-order valence-electron chi connectivity index (χ2n) is 9.85. The molecule has 8 aromatic carbocycles. The Kier molecular flexibility index (Phi) is 2.70. The van der Waals surface area contributed by atoms with Gasteiger partial charge in [0.25, 0.3) is 0 Å². The van der Waals surface area contributed by atoms with Crippen LogP contribution in [0.3, 0.4) is 0 Å². The van der Waals surface area contributed by atoms with Crippen LogP contribution in [-0.4, -0.2) is 0 Å². The maximum atomic E-state index is 9.89. The van der Waals surface area contributed by atoms with E-state index in [0.29, 0.717) is 21.5 Å². The molecular formula is C42H26O. The molecule has 43 heavy (non-hydrogen) atoms. The maximum absolute atomic E-state index is 9.89. The van der Waals surface area contributed by atoms with Gasteiger partial charge in [0.2, 0.25) is 0 Å². The average Bonchev–Trinajstić information content (AvgIpc) is 3.67. The number of para-hydroxylation sites is 1. The van der Waals surface area contributed by atoms with E-state index in [1.165, 1.54) is 0 Å². The Morgan fingerprint density at radius 1 is 0.395 bits per heavy atom. The summed E-state index contributed by atoms with van der Waals surface area (Å²) < 4.78 is 165. The third kappa shape index (κ3) is 3.65. The Balaban J connectivity index is 1.58. The summed E-state index contributed by atoms with van der Waals surface area (Å²) in [4.78, 5) is 0. The highest BCUT2D eigenvalue weighted by Crippen LogP contribution is 2.48. The van der Waals surface area contributed by atoms with Crippen molar-refractivity contribution in [1.82, 2.24) is 0 Å². The zero-order valence-corrected chi connectivity index (χ0v) is 22.0. The van der Waals surface area contributed by atoms with Crippen molar-refractivity contribution in [3.63, 3.8) is 0 Å². The molecule has 200 valence electrons. The van der Waals surface area contributed by atoms with E-state index < -0.39 is 114 Å². The van der Waals surface area contributed by atoms with E-state index in [4.69, 9.17) is 25.0 Å². The molecule has 0 aliphatic heterocycles. The molecule has 0 aliphatic carbocycles. The fourth-order valence-corrected chi connectivity index (χ4v) is 5.81. The molecule has 1 heterocycles. The lowest BCUT2D eigenvalue weighted by Gasteiger charge is -2.20. The van der Waals surface area contributed by atoms with E-state index in [-0.39, 0.29) is 60.5 Å². The quantitative estimate of drug-likeness (QED) is 0.195. The minimum atomic E-state index is -0.736. The van der Waals surface area contributed by atoms with Crippen LogP contribution in [0.5, 0.6) is 0 Å². The molecule has 0 aliphatic rings. The molecule has 1 aromatic heterocycles. The number of furan rings is 1. The van der Waals surface area contributed by atoms with Crippen LogP contribution < -0.4 is 0 Å². The van der Waals surface area contributed by atoms with Crippen molar-refractivity contribution >= 4 is 54.3 Å². The normalized spacial score (nSPS) is 17.6. The fourth-order valence-electron chi connectivity index (χ4n) is 5.81. The summed E-state index contributed by atoms with van der Waals surface area (Å²) in [6.45, 7) is 0. The summed E-state index contributed by atoms with van der Waals surface area (Å²) >= 11 is 0. The number of rotatable bonds is 3. The van der Waals surface area contributed by atoms with Crippen LogP contribution in [0.2, 0.25) is 0 Å². The van der Waals surface area contributed by atoms with Crippen molar-refractivity contribution < 1.29 is 29.1 Å². The van der Waals surface area contributed by atoms with Gasteiger partial charge in [-0.15, -0.1) is 0 Å². The van der Waals surface area contributed by atoms with Crippen molar-refractivity contribution in [3.05, 3.63) is 157 Å². The lowest BCUT2D eigenvalue weighted by atomic mass is 9.82. The molecule has 0 radical (unpaired) electrons. The van der Waals surface area contributed by atoms with Gasteiger partial charge < -0.3 is 4.42 Å². The van der Waals surface area contributed by atoms with Crippen molar-refractivity contribution in [2.75, 3.05) is 0 Å². The average molecular weight is 565 g/mol. The molecule has 0 amide bonds. The Morgan fingerprint density at radius 2 is 0.977 bits per heavy atom. The highest BCUT2D eigenvalue weighted by molar-refractivity contribution is 6.25. The molecule has 1 nitrogen and oxygen atoms in total. The van der Waals surface area contributed by atoms with Gasteiger partial charge in [-0.05, 0) is 83.8 Å². The smallest absolute Gasteiger partial charge is 0.136 e. The zero-order chi connectivity index (χ0) is 44.0. The SMILES string of the molecule is [2H]c1c([2H])c([2H])c(-c2c(-c3c4ccccc4c(-c4c([2H])c([2H])c([2H])c5c([2H])c([2H])c([2H])c([2H])c45)c4ccccc34)c([2H])c3oc4c([2H])c([2H])c([2H])c([2H])c4c3c2[2H])c([2H])c1[2H]. The highest BCUT2D eigenvalue weighted by Gasteiger charge is 2.21. The van der Waals surface area contributed by atoms with Gasteiger partial charge in [-0.25, -0.2) is 0 Å². The van der Waals surface area contributed by atoms with Crippen LogP contribution >= 0.6 is 0 Å². The van der Waals surface area contributed by atoms with Gasteiger partial charge >= 0.3 is 0 Å². The van der Waals surface area contributed by atoms with Gasteiger partial charge in [0.1, 0.15) is 11.2 Å². The minimum Gasteiger partial charge on any atom is -0.456 e. The topological polar surface area (TPSA) is 13.1 Å². The number of hydrogen-bond acceptors (Lipinski definition) is 1. The molecule has 0 unspecified atom stereocenters. The van der Waals surface area contributed by atoms with Crippen LogP contribution in [0, 0.1) is 0 Å². The van der Waals surface area contributed by atoms with Crippen molar-refractivity contribution in [3.8, 4) is 33.4 Å². The monoisotopic (exact) mass is 564 g/mol. The molecule has 0 saturated carbocycles. The van der Waals surface area contributed by atoms with E-state index in [0.717, 1.165) is 0 Å². The molecule has 1 heteroatoms. The third-order valence-electron chi connectivity index (χ3n) is 7.57. The second kappa shape index (κ2) is 9.44. The van der Waals surface area contributed by atoms with E-state index in [1.54, 1.807) is 48.5 Å². The molecule has 0 fully saturated rings. The van der Waals surface area contributed by atoms with Crippen LogP contribution in [0.4, 0.5) is 0 Å². The van der Waals surface area contributed by atoms with E-state index in [1.807, 2.05) is 0 Å². The predicted octanol–water partition coefficient (Wildman–Crippen LogP) is 12.0. The standard InChI is InChI=1S/C42H26O/c1-2-13-28(14-3-1)36-25-37-30-18-10-11-24-39(30)43-40(37)26-38(36)42-34-21-8-6-19-32(34)41(33-20-7-9-22-35(33)42)31-23-12-16-27-15-4-5-17-29(27)31/h1-26H/i1D,2D,3D,4D,5D,10D,11D,12D,13D,14D,15D,16D,17D,18D,23D,24D,25D,26D. The molecular weight excluding hydrogens is 520 g/mol. The Hall–Kier alpha value is -5.66.